The van der Waals surface area contributed by atoms with Crippen LogP contribution in [0.15, 0.2) is 34.9 Å². The number of likely N-dealkylation sites (tertiary alicyclic amines) is 1. The molecule has 0 bridgehead atoms. The average Bonchev–Trinajstić information content (AvgIpc) is 3.11. The quantitative estimate of drug-likeness (QED) is 0.888. The highest BCUT2D eigenvalue weighted by atomic mass is 35.5. The Morgan fingerprint density at radius 3 is 2.73 bits per heavy atom. The first-order chi connectivity index (χ1) is 12.4. The lowest BCUT2D eigenvalue weighted by atomic mass is 9.96. The molecule has 1 atom stereocenters. The van der Waals surface area contributed by atoms with Crippen LogP contribution in [0, 0.1) is 5.92 Å². The fourth-order valence-corrected chi connectivity index (χ4v) is 3.19. The van der Waals surface area contributed by atoms with Crippen LogP contribution in [-0.4, -0.2) is 41.0 Å². The lowest BCUT2D eigenvalue weighted by Gasteiger charge is -2.31. The molecule has 1 fully saturated rings. The standard InChI is InChI=1S/C19H22ClN3O3/c1-12(2)21-18(24)14-4-3-9-23(11-14)19(25)16-10-17(26-22-16)13-5-7-15(20)8-6-13/h5-8,10,12,14H,3-4,9,11H2,1-2H3,(H,21,24). The summed E-state index contributed by atoms with van der Waals surface area (Å²) in [5.74, 6) is 0.115. The smallest absolute Gasteiger partial charge is 0.276 e. The van der Waals surface area contributed by atoms with Gasteiger partial charge in [0.2, 0.25) is 5.91 Å². The molecular weight excluding hydrogens is 354 g/mol. The molecule has 1 N–H and O–H groups in total. The fraction of sp³-hybridized carbons (Fsp3) is 0.421. The number of aromatic nitrogens is 1. The van der Waals surface area contributed by atoms with Gasteiger partial charge in [0.25, 0.3) is 5.91 Å². The van der Waals surface area contributed by atoms with E-state index in [4.69, 9.17) is 16.1 Å². The molecule has 3 rings (SSSR count). The van der Waals surface area contributed by atoms with Crippen molar-refractivity contribution in [2.24, 2.45) is 5.92 Å². The van der Waals surface area contributed by atoms with Gasteiger partial charge in [0.05, 0.1) is 5.92 Å². The molecule has 1 saturated heterocycles. The number of nitrogens with zero attached hydrogens (tertiary/aromatic N) is 2. The van der Waals surface area contributed by atoms with Gasteiger partial charge in [0, 0.05) is 35.8 Å². The minimum Gasteiger partial charge on any atom is -0.355 e. The highest BCUT2D eigenvalue weighted by molar-refractivity contribution is 6.30. The van der Waals surface area contributed by atoms with Gasteiger partial charge in [-0.1, -0.05) is 16.8 Å². The number of carbonyl (C=O) groups is 2. The molecule has 1 aromatic heterocycles. The molecule has 1 aromatic carbocycles. The highest BCUT2D eigenvalue weighted by Gasteiger charge is 2.30. The number of carbonyl (C=O) groups excluding carboxylic acids is 2. The van der Waals surface area contributed by atoms with Gasteiger partial charge in [-0.15, -0.1) is 0 Å². The third-order valence-electron chi connectivity index (χ3n) is 4.37. The van der Waals surface area contributed by atoms with Crippen molar-refractivity contribution in [3.8, 4) is 11.3 Å². The van der Waals surface area contributed by atoms with Crippen molar-refractivity contribution in [2.45, 2.75) is 32.7 Å². The van der Waals surface area contributed by atoms with E-state index in [9.17, 15) is 9.59 Å². The third-order valence-corrected chi connectivity index (χ3v) is 4.62. The van der Waals surface area contributed by atoms with E-state index in [1.165, 1.54) is 0 Å². The maximum atomic E-state index is 12.7. The van der Waals surface area contributed by atoms with Crippen LogP contribution < -0.4 is 5.32 Å². The van der Waals surface area contributed by atoms with E-state index in [0.717, 1.165) is 18.4 Å². The maximum Gasteiger partial charge on any atom is 0.276 e. The first kappa shape index (κ1) is 18.5. The molecule has 2 amide bonds. The Morgan fingerprint density at radius 2 is 2.04 bits per heavy atom. The monoisotopic (exact) mass is 375 g/mol. The van der Waals surface area contributed by atoms with Gasteiger partial charge >= 0.3 is 0 Å². The van der Waals surface area contributed by atoms with Gasteiger partial charge in [0.1, 0.15) is 0 Å². The van der Waals surface area contributed by atoms with Crippen molar-refractivity contribution in [3.63, 3.8) is 0 Å². The van der Waals surface area contributed by atoms with Crippen LogP contribution in [0.5, 0.6) is 0 Å². The molecule has 1 aliphatic rings. The van der Waals surface area contributed by atoms with Crippen LogP contribution in [0.3, 0.4) is 0 Å². The number of hydrogen-bond acceptors (Lipinski definition) is 4. The average molecular weight is 376 g/mol. The van der Waals surface area contributed by atoms with E-state index in [-0.39, 0.29) is 29.5 Å². The lowest BCUT2D eigenvalue weighted by molar-refractivity contribution is -0.126. The number of halogens is 1. The molecule has 0 spiro atoms. The SMILES string of the molecule is CC(C)NC(=O)C1CCCN(C(=O)c2cc(-c3ccc(Cl)cc3)on2)C1. The Balaban J connectivity index is 1.69. The summed E-state index contributed by atoms with van der Waals surface area (Å²) in [4.78, 5) is 26.7. The lowest BCUT2D eigenvalue weighted by Crippen LogP contribution is -2.46. The van der Waals surface area contributed by atoms with Crippen molar-refractivity contribution in [1.82, 2.24) is 15.4 Å². The zero-order valence-corrected chi connectivity index (χ0v) is 15.6. The number of rotatable bonds is 4. The molecule has 138 valence electrons. The number of hydrogen-bond donors (Lipinski definition) is 1. The molecule has 7 heteroatoms. The molecular formula is C19H22ClN3O3. The zero-order chi connectivity index (χ0) is 18.7. The largest absolute Gasteiger partial charge is 0.355 e. The zero-order valence-electron chi connectivity index (χ0n) is 14.9. The van der Waals surface area contributed by atoms with E-state index in [0.29, 0.717) is 23.9 Å². The summed E-state index contributed by atoms with van der Waals surface area (Å²) in [5, 5.41) is 7.46. The second-order valence-electron chi connectivity index (χ2n) is 6.84. The van der Waals surface area contributed by atoms with E-state index in [1.807, 2.05) is 26.0 Å². The summed E-state index contributed by atoms with van der Waals surface area (Å²) in [7, 11) is 0. The Labute approximate surface area is 157 Å². The highest BCUT2D eigenvalue weighted by Crippen LogP contribution is 2.24. The number of benzene rings is 1. The normalized spacial score (nSPS) is 17.4. The van der Waals surface area contributed by atoms with Gasteiger partial charge in [0.15, 0.2) is 11.5 Å². The Morgan fingerprint density at radius 1 is 1.31 bits per heavy atom. The predicted molar refractivity (Wildman–Crippen MR) is 98.9 cm³/mol. The minimum atomic E-state index is -0.212. The van der Waals surface area contributed by atoms with Crippen molar-refractivity contribution < 1.29 is 14.1 Å². The summed E-state index contributed by atoms with van der Waals surface area (Å²) in [6.07, 6.45) is 1.58. The molecule has 2 heterocycles. The second-order valence-corrected chi connectivity index (χ2v) is 7.27. The Hall–Kier alpha value is -2.34. The summed E-state index contributed by atoms with van der Waals surface area (Å²) >= 11 is 5.89. The Bertz CT molecular complexity index is 786. The summed E-state index contributed by atoms with van der Waals surface area (Å²) in [6, 6.07) is 8.84. The maximum absolute atomic E-state index is 12.7. The fourth-order valence-electron chi connectivity index (χ4n) is 3.07. The van der Waals surface area contributed by atoms with Crippen LogP contribution >= 0.6 is 11.6 Å². The first-order valence-corrected chi connectivity index (χ1v) is 9.14. The van der Waals surface area contributed by atoms with Gasteiger partial charge in [-0.3, -0.25) is 9.59 Å². The van der Waals surface area contributed by atoms with Crippen LogP contribution in [-0.2, 0) is 4.79 Å². The van der Waals surface area contributed by atoms with E-state index in [2.05, 4.69) is 10.5 Å². The van der Waals surface area contributed by atoms with Crippen LogP contribution in [0.1, 0.15) is 37.2 Å². The van der Waals surface area contributed by atoms with Crippen LogP contribution in [0.25, 0.3) is 11.3 Å². The third kappa shape index (κ3) is 4.25. The van der Waals surface area contributed by atoms with Crippen LogP contribution in [0.2, 0.25) is 5.02 Å². The van der Waals surface area contributed by atoms with Gasteiger partial charge in [-0.25, -0.2) is 0 Å². The van der Waals surface area contributed by atoms with Crippen molar-refractivity contribution in [1.29, 1.82) is 0 Å². The minimum absolute atomic E-state index is 0.000457. The van der Waals surface area contributed by atoms with Gasteiger partial charge in [-0.05, 0) is 51.0 Å². The molecule has 0 radical (unpaired) electrons. The van der Waals surface area contributed by atoms with E-state index in [1.54, 1.807) is 23.1 Å². The predicted octanol–water partition coefficient (Wildman–Crippen LogP) is 3.37. The topological polar surface area (TPSA) is 75.4 Å². The molecule has 0 saturated carbocycles. The molecule has 0 aliphatic carbocycles. The number of piperidine rings is 1. The molecule has 1 aliphatic heterocycles. The number of nitrogens with one attached hydrogen (secondary N) is 1. The van der Waals surface area contributed by atoms with Crippen LogP contribution in [0.4, 0.5) is 0 Å². The van der Waals surface area contributed by atoms with E-state index >= 15 is 0 Å². The first-order valence-electron chi connectivity index (χ1n) is 8.76. The van der Waals surface area contributed by atoms with E-state index < -0.39 is 0 Å². The number of amides is 2. The van der Waals surface area contributed by atoms with Gasteiger partial charge in [-0.2, -0.15) is 0 Å². The molecule has 1 unspecified atom stereocenters. The molecule has 26 heavy (non-hydrogen) atoms. The van der Waals surface area contributed by atoms with Crippen molar-refractivity contribution in [2.75, 3.05) is 13.1 Å². The van der Waals surface area contributed by atoms with Crippen molar-refractivity contribution >= 4 is 23.4 Å². The summed E-state index contributed by atoms with van der Waals surface area (Å²) in [5.41, 5.74) is 1.05. The Kier molecular flexibility index (Phi) is 5.61. The molecule has 2 aromatic rings. The second kappa shape index (κ2) is 7.91. The summed E-state index contributed by atoms with van der Waals surface area (Å²) in [6.45, 7) is 4.88. The van der Waals surface area contributed by atoms with Gasteiger partial charge < -0.3 is 14.7 Å². The summed E-state index contributed by atoms with van der Waals surface area (Å²) < 4.78 is 5.31. The molecule has 6 nitrogen and oxygen atoms in total. The van der Waals surface area contributed by atoms with Crippen molar-refractivity contribution in [3.05, 3.63) is 41.0 Å².